The van der Waals surface area contributed by atoms with E-state index in [1.807, 2.05) is 45.0 Å². The molecule has 1 saturated carbocycles. The summed E-state index contributed by atoms with van der Waals surface area (Å²) < 4.78 is 5.99. The van der Waals surface area contributed by atoms with Crippen LogP contribution in [0.25, 0.3) is 0 Å². The predicted octanol–water partition coefficient (Wildman–Crippen LogP) is 4.36. The highest BCUT2D eigenvalue weighted by Crippen LogP contribution is 2.38. The van der Waals surface area contributed by atoms with Gasteiger partial charge in [0.05, 0.1) is 18.6 Å². The van der Waals surface area contributed by atoms with Crippen molar-refractivity contribution >= 4 is 41.4 Å². The minimum Gasteiger partial charge on any atom is -0.444 e. The van der Waals surface area contributed by atoms with E-state index in [-0.39, 0.29) is 36.6 Å². The zero-order valence-electron chi connectivity index (χ0n) is 35.2. The molecule has 0 radical (unpaired) electrons. The van der Waals surface area contributed by atoms with Gasteiger partial charge in [-0.05, 0) is 52.6 Å². The van der Waals surface area contributed by atoms with Crippen LogP contribution in [0, 0.1) is 28.1 Å². The standard InChI is InChI=1S/C43H64N6O8/c1-41(2,3)33(25-47-18-16-43(7,8)22-34(47)51)45-39(55)46-36(42(4,5)6)38(54)49-24-30(57-40(56)48-17-15-27-11-9-10-12-28(27)23-48)21-31(49)32(50)20-29(19-26-13-14-26)35(52)37(44)53/h9-12,26,29-31,33,36H,13-25H2,1-8H3,(H2,44,53)(H2,45,46,55)/t29?,30-,31+,33-,36-/m1/s1. The lowest BCUT2D eigenvalue weighted by Gasteiger charge is -2.41. The maximum Gasteiger partial charge on any atom is 0.410 e. The Bertz CT molecular complexity index is 1730. The number of nitrogens with one attached hydrogen (secondary N) is 2. The van der Waals surface area contributed by atoms with E-state index in [1.165, 1.54) is 10.5 Å². The molecule has 1 aliphatic carbocycles. The van der Waals surface area contributed by atoms with E-state index in [2.05, 4.69) is 24.5 Å². The normalized spacial score (nSPS) is 22.5. The molecule has 3 aliphatic heterocycles. The third-order valence-corrected chi connectivity index (χ3v) is 12.1. The van der Waals surface area contributed by atoms with Crippen LogP contribution in [0.4, 0.5) is 9.59 Å². The van der Waals surface area contributed by atoms with E-state index in [9.17, 15) is 33.6 Å². The average Bonchev–Trinajstić information content (AvgIpc) is 3.84. The Labute approximate surface area is 337 Å². The molecule has 4 aliphatic rings. The lowest BCUT2D eigenvalue weighted by molar-refractivity contribution is -0.143. The monoisotopic (exact) mass is 792 g/mol. The number of benzene rings is 1. The first kappa shape index (κ1) is 43.6. The number of primary amides is 1. The molecule has 3 fully saturated rings. The van der Waals surface area contributed by atoms with Crippen LogP contribution < -0.4 is 16.4 Å². The van der Waals surface area contributed by atoms with Gasteiger partial charge in [-0.3, -0.25) is 24.0 Å². The first-order valence-electron chi connectivity index (χ1n) is 20.6. The number of ether oxygens (including phenoxy) is 1. The van der Waals surface area contributed by atoms with Crippen LogP contribution in [0.3, 0.4) is 0 Å². The number of nitrogens with zero attached hydrogens (tertiary/aromatic N) is 3. The Morgan fingerprint density at radius 3 is 2.21 bits per heavy atom. The number of Topliss-reactive ketones (excluding diaryl/α,β-unsaturated/α-hetero) is 2. The van der Waals surface area contributed by atoms with E-state index in [1.54, 1.807) is 30.6 Å². The molecule has 0 bridgehead atoms. The SMILES string of the molecule is CC1(C)CCN(C[C@@H](NC(=O)N[C@H](C(=O)N2C[C@H](OC(=O)N3CCc4ccccc4C3)C[C@H]2C(=O)CC(CC2CC2)C(=O)C(N)=O)C(C)(C)C)C(C)(C)C)C(=O)C1. The summed E-state index contributed by atoms with van der Waals surface area (Å²) in [7, 11) is 0. The van der Waals surface area contributed by atoms with Crippen LogP contribution in [-0.4, -0.2) is 107 Å². The number of carbonyl (C=O) groups excluding carboxylic acids is 7. The molecular formula is C43H64N6O8. The summed E-state index contributed by atoms with van der Waals surface area (Å²) in [5, 5.41) is 5.94. The summed E-state index contributed by atoms with van der Waals surface area (Å²) in [6.45, 7) is 17.1. The molecule has 2 saturated heterocycles. The Hall–Kier alpha value is -4.49. The number of amides is 6. The fourth-order valence-electron chi connectivity index (χ4n) is 8.19. The van der Waals surface area contributed by atoms with Crippen molar-refractivity contribution in [1.29, 1.82) is 0 Å². The number of nitrogens with two attached hydrogens (primary N) is 1. The molecule has 5 atom stereocenters. The van der Waals surface area contributed by atoms with Gasteiger partial charge in [0.25, 0.3) is 5.91 Å². The fourth-order valence-corrected chi connectivity index (χ4v) is 8.19. The molecular weight excluding hydrogens is 729 g/mol. The number of ketones is 2. The van der Waals surface area contributed by atoms with Gasteiger partial charge in [-0.1, -0.05) is 92.5 Å². The van der Waals surface area contributed by atoms with Gasteiger partial charge in [0.2, 0.25) is 17.6 Å². The van der Waals surface area contributed by atoms with Crippen molar-refractivity contribution in [2.45, 2.75) is 138 Å². The van der Waals surface area contributed by atoms with Crippen LogP contribution in [0.1, 0.15) is 111 Å². The van der Waals surface area contributed by atoms with Crippen LogP contribution >= 0.6 is 0 Å². The predicted molar refractivity (Wildman–Crippen MR) is 213 cm³/mol. The minimum absolute atomic E-state index is 0.00250. The van der Waals surface area contributed by atoms with Crippen molar-refractivity contribution in [3.63, 3.8) is 0 Å². The second-order valence-electron chi connectivity index (χ2n) is 19.7. The summed E-state index contributed by atoms with van der Waals surface area (Å²) >= 11 is 0. The molecule has 5 rings (SSSR count). The fraction of sp³-hybridized carbons (Fsp3) is 0.698. The zero-order valence-corrected chi connectivity index (χ0v) is 35.2. The summed E-state index contributed by atoms with van der Waals surface area (Å²) in [5.41, 5.74) is 6.22. The summed E-state index contributed by atoms with van der Waals surface area (Å²) in [6, 6.07) is 4.65. The second-order valence-corrected chi connectivity index (χ2v) is 19.7. The first-order valence-corrected chi connectivity index (χ1v) is 20.6. The number of piperidine rings is 1. The summed E-state index contributed by atoms with van der Waals surface area (Å²) in [4.78, 5) is 99.0. The van der Waals surface area contributed by atoms with E-state index in [0.717, 1.165) is 24.8 Å². The molecule has 1 aromatic rings. The number of hydrogen-bond acceptors (Lipinski definition) is 8. The Balaban J connectivity index is 1.34. The first-order chi connectivity index (χ1) is 26.5. The number of rotatable bonds is 13. The van der Waals surface area contributed by atoms with Crippen molar-refractivity contribution in [2.24, 2.45) is 33.8 Å². The van der Waals surface area contributed by atoms with E-state index >= 15 is 0 Å². The maximum atomic E-state index is 14.7. The van der Waals surface area contributed by atoms with Gasteiger partial charge in [-0.25, -0.2) is 9.59 Å². The number of fused-ring (bicyclic) bond motifs is 1. The van der Waals surface area contributed by atoms with Crippen molar-refractivity contribution in [3.8, 4) is 0 Å². The molecule has 0 spiro atoms. The zero-order chi connectivity index (χ0) is 42.0. The largest absolute Gasteiger partial charge is 0.444 e. The molecule has 0 aromatic heterocycles. The number of hydrogen-bond donors (Lipinski definition) is 3. The molecule has 14 nitrogen and oxygen atoms in total. The van der Waals surface area contributed by atoms with Crippen LogP contribution in [0.15, 0.2) is 24.3 Å². The number of urea groups is 1. The van der Waals surface area contributed by atoms with E-state index in [0.29, 0.717) is 45.4 Å². The smallest absolute Gasteiger partial charge is 0.410 e. The Kier molecular flexibility index (Phi) is 13.1. The van der Waals surface area contributed by atoms with Gasteiger partial charge in [0.1, 0.15) is 12.1 Å². The van der Waals surface area contributed by atoms with Gasteiger partial charge in [-0.2, -0.15) is 0 Å². The van der Waals surface area contributed by atoms with Gasteiger partial charge >= 0.3 is 12.1 Å². The van der Waals surface area contributed by atoms with Crippen LogP contribution in [0.2, 0.25) is 0 Å². The van der Waals surface area contributed by atoms with Crippen molar-refractivity contribution in [1.82, 2.24) is 25.3 Å². The molecule has 1 aromatic carbocycles. The van der Waals surface area contributed by atoms with E-state index in [4.69, 9.17) is 10.5 Å². The molecule has 314 valence electrons. The lowest BCUT2D eigenvalue weighted by atomic mass is 9.81. The summed E-state index contributed by atoms with van der Waals surface area (Å²) in [5.74, 6) is -3.55. The van der Waals surface area contributed by atoms with Gasteiger partial charge in [-0.15, -0.1) is 0 Å². The lowest BCUT2D eigenvalue weighted by Crippen LogP contribution is -2.61. The molecule has 14 heteroatoms. The molecule has 57 heavy (non-hydrogen) atoms. The molecule has 3 heterocycles. The maximum absolute atomic E-state index is 14.7. The van der Waals surface area contributed by atoms with Gasteiger partial charge in [0.15, 0.2) is 5.78 Å². The topological polar surface area (TPSA) is 189 Å². The molecule has 6 amide bonds. The highest BCUT2D eigenvalue weighted by Gasteiger charge is 2.48. The average molecular weight is 793 g/mol. The Morgan fingerprint density at radius 2 is 1.61 bits per heavy atom. The minimum atomic E-state index is -1.12. The van der Waals surface area contributed by atoms with Gasteiger partial charge < -0.3 is 35.8 Å². The molecule has 4 N–H and O–H groups in total. The third kappa shape index (κ3) is 11.3. The number of likely N-dealkylation sites (tertiary alicyclic amines) is 2. The van der Waals surface area contributed by atoms with Crippen molar-refractivity contribution in [2.75, 3.05) is 26.2 Å². The third-order valence-electron chi connectivity index (χ3n) is 12.1. The highest BCUT2D eigenvalue weighted by molar-refractivity contribution is 6.36. The number of carbonyl (C=O) groups is 7. The van der Waals surface area contributed by atoms with E-state index < -0.39 is 76.5 Å². The second kappa shape index (κ2) is 17.2. The van der Waals surface area contributed by atoms with Crippen molar-refractivity contribution in [3.05, 3.63) is 35.4 Å². The van der Waals surface area contributed by atoms with Crippen LogP contribution in [0.5, 0.6) is 0 Å². The quantitative estimate of drug-likeness (QED) is 0.246. The van der Waals surface area contributed by atoms with Crippen molar-refractivity contribution < 1.29 is 38.3 Å². The summed E-state index contributed by atoms with van der Waals surface area (Å²) in [6.07, 6.45) is 2.40. The molecule has 1 unspecified atom stereocenters. The van der Waals surface area contributed by atoms with Crippen LogP contribution in [-0.2, 0) is 41.7 Å². The van der Waals surface area contributed by atoms with Gasteiger partial charge in [0, 0.05) is 51.4 Å². The highest BCUT2D eigenvalue weighted by atomic mass is 16.6. The Morgan fingerprint density at radius 1 is 0.947 bits per heavy atom.